The summed E-state index contributed by atoms with van der Waals surface area (Å²) >= 11 is 0. The van der Waals surface area contributed by atoms with E-state index in [1.807, 2.05) is 13.8 Å². The summed E-state index contributed by atoms with van der Waals surface area (Å²) in [6, 6.07) is 0. The van der Waals surface area contributed by atoms with E-state index in [2.05, 4.69) is 0 Å². The Labute approximate surface area is 106 Å². The zero-order valence-electron chi connectivity index (χ0n) is 11.1. The molecule has 3 rings (SSSR count). The van der Waals surface area contributed by atoms with Crippen LogP contribution < -0.4 is 0 Å². The van der Waals surface area contributed by atoms with E-state index in [9.17, 15) is 5.11 Å². The molecule has 4 atom stereocenters. The quantitative estimate of drug-likeness (QED) is 0.679. The highest BCUT2D eigenvalue weighted by molar-refractivity contribution is 5.00. The molecule has 0 saturated carbocycles. The van der Waals surface area contributed by atoms with Gasteiger partial charge in [-0.2, -0.15) is 0 Å². The third kappa shape index (κ3) is 1.88. The second-order valence-corrected chi connectivity index (χ2v) is 6.00. The van der Waals surface area contributed by atoms with Crippen LogP contribution in [-0.4, -0.2) is 54.0 Å². The fourth-order valence-electron chi connectivity index (χ4n) is 2.78. The molecule has 0 aliphatic carbocycles. The molecule has 1 N–H and O–H groups in total. The molecule has 0 aromatic heterocycles. The summed E-state index contributed by atoms with van der Waals surface area (Å²) in [5.41, 5.74) is 0. The number of fused-ring (bicyclic) bond motifs is 1. The van der Waals surface area contributed by atoms with Crippen molar-refractivity contribution in [1.82, 2.24) is 0 Å². The van der Waals surface area contributed by atoms with Gasteiger partial charge in [-0.15, -0.1) is 0 Å². The molecule has 0 amide bonds. The first-order chi connectivity index (χ1) is 8.23. The Kier molecular flexibility index (Phi) is 2.59. The Balaban J connectivity index is 1.82. The zero-order valence-corrected chi connectivity index (χ0v) is 11.1. The molecular formula is C12H20O6. The van der Waals surface area contributed by atoms with E-state index in [0.29, 0.717) is 6.61 Å². The number of ether oxygens (including phenoxy) is 5. The number of rotatable bonds is 0. The maximum atomic E-state index is 10.5. The summed E-state index contributed by atoms with van der Waals surface area (Å²) in [6.07, 6.45) is -1.65. The van der Waals surface area contributed by atoms with Gasteiger partial charge in [-0.3, -0.25) is 0 Å². The van der Waals surface area contributed by atoms with Crippen molar-refractivity contribution >= 4 is 0 Å². The van der Waals surface area contributed by atoms with Crippen LogP contribution in [0.25, 0.3) is 0 Å². The molecule has 1 spiro atoms. The highest BCUT2D eigenvalue weighted by Crippen LogP contribution is 2.43. The van der Waals surface area contributed by atoms with Gasteiger partial charge in [-0.05, 0) is 27.7 Å². The van der Waals surface area contributed by atoms with Crippen LogP contribution in [0.4, 0.5) is 0 Å². The lowest BCUT2D eigenvalue weighted by atomic mass is 9.97. The minimum Gasteiger partial charge on any atom is -0.385 e. The van der Waals surface area contributed by atoms with Crippen LogP contribution in [0.5, 0.6) is 0 Å². The second-order valence-electron chi connectivity index (χ2n) is 6.00. The van der Waals surface area contributed by atoms with Crippen LogP contribution in [0.2, 0.25) is 0 Å². The predicted molar refractivity (Wildman–Crippen MR) is 59.6 cm³/mol. The standard InChI is InChI=1S/C12H20O6/c1-10(2)15-6-12(18-10)9(13)8-7(5-14-12)16-11(3,4)17-8/h7-9,13H,5-6H2,1-4H3/t7-,8-,9?,12+/m1/s1. The van der Waals surface area contributed by atoms with E-state index < -0.39 is 29.6 Å². The van der Waals surface area contributed by atoms with Crippen LogP contribution in [0.1, 0.15) is 27.7 Å². The summed E-state index contributed by atoms with van der Waals surface area (Å²) in [7, 11) is 0. The number of aliphatic hydroxyl groups is 1. The molecule has 6 nitrogen and oxygen atoms in total. The number of aliphatic hydroxyl groups excluding tert-OH is 1. The molecule has 3 aliphatic rings. The molecule has 6 heteroatoms. The second kappa shape index (κ2) is 3.65. The minimum atomic E-state index is -1.14. The molecule has 3 fully saturated rings. The highest BCUT2D eigenvalue weighted by atomic mass is 16.9. The van der Waals surface area contributed by atoms with Gasteiger partial charge in [-0.1, -0.05) is 0 Å². The average molecular weight is 260 g/mol. The third-order valence-electron chi connectivity index (χ3n) is 3.51. The van der Waals surface area contributed by atoms with Crippen LogP contribution in [0.3, 0.4) is 0 Å². The van der Waals surface area contributed by atoms with E-state index >= 15 is 0 Å². The Morgan fingerprint density at radius 2 is 1.72 bits per heavy atom. The number of hydrogen-bond acceptors (Lipinski definition) is 6. The molecule has 0 aromatic rings. The van der Waals surface area contributed by atoms with Crippen molar-refractivity contribution in [3.63, 3.8) is 0 Å². The van der Waals surface area contributed by atoms with Crippen LogP contribution in [-0.2, 0) is 23.7 Å². The van der Waals surface area contributed by atoms with Gasteiger partial charge < -0.3 is 28.8 Å². The lowest BCUT2D eigenvalue weighted by Crippen LogP contribution is -2.61. The van der Waals surface area contributed by atoms with Crippen molar-refractivity contribution in [1.29, 1.82) is 0 Å². The van der Waals surface area contributed by atoms with Crippen molar-refractivity contribution in [2.75, 3.05) is 13.2 Å². The summed E-state index contributed by atoms with van der Waals surface area (Å²) in [5, 5.41) is 10.5. The first kappa shape index (κ1) is 12.8. The van der Waals surface area contributed by atoms with Crippen LogP contribution in [0, 0.1) is 0 Å². The molecule has 3 heterocycles. The predicted octanol–water partition coefficient (Wildman–Crippen LogP) is 0.377. The Morgan fingerprint density at radius 3 is 2.33 bits per heavy atom. The molecule has 0 bridgehead atoms. The Morgan fingerprint density at radius 1 is 1.00 bits per heavy atom. The van der Waals surface area contributed by atoms with Gasteiger partial charge in [0.1, 0.15) is 24.9 Å². The first-order valence-electron chi connectivity index (χ1n) is 6.25. The fourth-order valence-corrected chi connectivity index (χ4v) is 2.78. The monoisotopic (exact) mass is 260 g/mol. The number of hydrogen-bond donors (Lipinski definition) is 1. The summed E-state index contributed by atoms with van der Waals surface area (Å²) < 4.78 is 28.3. The van der Waals surface area contributed by atoms with E-state index in [-0.39, 0.29) is 12.7 Å². The van der Waals surface area contributed by atoms with Gasteiger partial charge >= 0.3 is 0 Å². The molecule has 1 unspecified atom stereocenters. The van der Waals surface area contributed by atoms with Gasteiger partial charge in [0.05, 0.1) is 6.61 Å². The Bertz CT molecular complexity index is 352. The summed E-state index contributed by atoms with van der Waals surface area (Å²) in [6.45, 7) is 7.74. The molecule has 0 aromatic carbocycles. The van der Waals surface area contributed by atoms with Gasteiger partial charge in [0.2, 0.25) is 5.79 Å². The zero-order chi connectivity index (χ0) is 13.2. The molecule has 0 radical (unpaired) electrons. The van der Waals surface area contributed by atoms with E-state index in [4.69, 9.17) is 23.7 Å². The third-order valence-corrected chi connectivity index (χ3v) is 3.51. The van der Waals surface area contributed by atoms with Gasteiger partial charge in [0, 0.05) is 0 Å². The maximum Gasteiger partial charge on any atom is 0.224 e. The van der Waals surface area contributed by atoms with Crippen molar-refractivity contribution < 1.29 is 28.8 Å². The largest absolute Gasteiger partial charge is 0.385 e. The molecule has 3 saturated heterocycles. The average Bonchev–Trinajstić information content (AvgIpc) is 2.71. The lowest BCUT2D eigenvalue weighted by molar-refractivity contribution is -0.326. The highest BCUT2D eigenvalue weighted by Gasteiger charge is 2.62. The summed E-state index contributed by atoms with van der Waals surface area (Å²) in [5.74, 6) is -2.61. The SMILES string of the molecule is CC1(C)O[C@@H]2CO[C@]3(COC(C)(C)O3)C(O)[C@@H]2O1. The van der Waals surface area contributed by atoms with Crippen molar-refractivity contribution in [3.8, 4) is 0 Å². The van der Waals surface area contributed by atoms with Crippen molar-refractivity contribution in [2.24, 2.45) is 0 Å². The normalized spacial score (nSPS) is 49.5. The van der Waals surface area contributed by atoms with Gasteiger partial charge in [0.25, 0.3) is 0 Å². The van der Waals surface area contributed by atoms with E-state index in [0.717, 1.165) is 0 Å². The molecule has 18 heavy (non-hydrogen) atoms. The summed E-state index contributed by atoms with van der Waals surface area (Å²) in [4.78, 5) is 0. The van der Waals surface area contributed by atoms with E-state index in [1.54, 1.807) is 13.8 Å². The van der Waals surface area contributed by atoms with Crippen LogP contribution in [0.15, 0.2) is 0 Å². The molecule has 3 aliphatic heterocycles. The van der Waals surface area contributed by atoms with Gasteiger partial charge in [0.15, 0.2) is 11.6 Å². The first-order valence-corrected chi connectivity index (χ1v) is 6.25. The maximum absolute atomic E-state index is 10.5. The van der Waals surface area contributed by atoms with E-state index in [1.165, 1.54) is 0 Å². The lowest BCUT2D eigenvalue weighted by Gasteiger charge is -2.41. The fraction of sp³-hybridized carbons (Fsp3) is 1.00. The molecule has 104 valence electrons. The smallest absolute Gasteiger partial charge is 0.224 e. The topological polar surface area (TPSA) is 66.4 Å². The minimum absolute atomic E-state index is 0.189. The molecular weight excluding hydrogens is 240 g/mol. The van der Waals surface area contributed by atoms with Crippen molar-refractivity contribution in [2.45, 2.75) is 63.4 Å². The van der Waals surface area contributed by atoms with Gasteiger partial charge in [-0.25, -0.2) is 0 Å². The van der Waals surface area contributed by atoms with Crippen molar-refractivity contribution in [3.05, 3.63) is 0 Å². The Hall–Kier alpha value is -0.240. The van der Waals surface area contributed by atoms with Crippen LogP contribution >= 0.6 is 0 Å².